The van der Waals surface area contributed by atoms with Gasteiger partial charge in [-0.15, -0.1) is 0 Å². The third kappa shape index (κ3) is 4.82. The molecule has 2 rings (SSSR count). The average molecular weight is 317 g/mol. The number of halogens is 1. The third-order valence-corrected chi connectivity index (χ3v) is 3.15. The lowest BCUT2D eigenvalue weighted by molar-refractivity contribution is 0.255. The monoisotopic (exact) mass is 316 g/mol. The van der Waals surface area contributed by atoms with E-state index < -0.39 is 0 Å². The largest absolute Gasteiger partial charge is 0.494 e. The SMILES string of the molecule is CCOc1ccc(NC(=O)N/C=C/c2ccccc2Cl)cc1. The van der Waals surface area contributed by atoms with E-state index in [-0.39, 0.29) is 6.03 Å². The fourth-order valence-corrected chi connectivity index (χ4v) is 1.98. The highest BCUT2D eigenvalue weighted by molar-refractivity contribution is 6.32. The first kappa shape index (κ1) is 15.9. The lowest BCUT2D eigenvalue weighted by atomic mass is 10.2. The number of hydrogen-bond acceptors (Lipinski definition) is 2. The van der Waals surface area contributed by atoms with Crippen LogP contribution in [-0.4, -0.2) is 12.6 Å². The van der Waals surface area contributed by atoms with Gasteiger partial charge < -0.3 is 15.4 Å². The van der Waals surface area contributed by atoms with Crippen molar-refractivity contribution in [2.75, 3.05) is 11.9 Å². The Balaban J connectivity index is 1.86. The molecule has 0 spiro atoms. The van der Waals surface area contributed by atoms with Crippen LogP contribution in [0.1, 0.15) is 12.5 Å². The minimum atomic E-state index is -0.326. The van der Waals surface area contributed by atoms with E-state index >= 15 is 0 Å². The second-order valence-corrected chi connectivity index (χ2v) is 4.82. The van der Waals surface area contributed by atoms with Gasteiger partial charge >= 0.3 is 6.03 Å². The van der Waals surface area contributed by atoms with Crippen LogP contribution in [0.25, 0.3) is 6.08 Å². The summed E-state index contributed by atoms with van der Waals surface area (Å²) in [6.07, 6.45) is 3.28. The second kappa shape index (κ2) is 8.10. The van der Waals surface area contributed by atoms with Gasteiger partial charge in [-0.2, -0.15) is 0 Å². The molecule has 0 saturated heterocycles. The van der Waals surface area contributed by atoms with Crippen LogP contribution < -0.4 is 15.4 Å². The zero-order valence-corrected chi connectivity index (χ0v) is 12.9. The van der Waals surface area contributed by atoms with E-state index in [4.69, 9.17) is 16.3 Å². The first-order valence-electron chi connectivity index (χ1n) is 6.90. The summed E-state index contributed by atoms with van der Waals surface area (Å²) in [5.41, 5.74) is 1.53. The molecule has 0 aliphatic carbocycles. The molecule has 2 amide bonds. The number of rotatable bonds is 5. The molecule has 5 heteroatoms. The van der Waals surface area contributed by atoms with Gasteiger partial charge in [-0.05, 0) is 48.9 Å². The van der Waals surface area contributed by atoms with Crippen molar-refractivity contribution in [2.45, 2.75) is 6.92 Å². The molecule has 2 N–H and O–H groups in total. The standard InChI is InChI=1S/C17H17ClN2O2/c1-2-22-15-9-7-14(8-10-15)20-17(21)19-12-11-13-5-3-4-6-16(13)18/h3-12H,2H2,1H3,(H2,19,20,21)/b12-11+. The van der Waals surface area contributed by atoms with E-state index in [1.54, 1.807) is 42.6 Å². The van der Waals surface area contributed by atoms with E-state index in [0.717, 1.165) is 11.3 Å². The van der Waals surface area contributed by atoms with Crippen molar-refractivity contribution >= 4 is 29.4 Å². The predicted molar refractivity (Wildman–Crippen MR) is 90.3 cm³/mol. The third-order valence-electron chi connectivity index (χ3n) is 2.81. The highest BCUT2D eigenvalue weighted by Gasteiger charge is 2.00. The van der Waals surface area contributed by atoms with Gasteiger partial charge in [0.15, 0.2) is 0 Å². The summed E-state index contributed by atoms with van der Waals surface area (Å²) in [5.74, 6) is 0.770. The number of carbonyl (C=O) groups is 1. The lowest BCUT2D eigenvalue weighted by Crippen LogP contribution is -2.23. The molecule has 114 valence electrons. The normalized spacial score (nSPS) is 10.5. The summed E-state index contributed by atoms with van der Waals surface area (Å²) in [6.45, 7) is 2.53. The van der Waals surface area contributed by atoms with Crippen molar-refractivity contribution in [3.63, 3.8) is 0 Å². The van der Waals surface area contributed by atoms with Crippen molar-refractivity contribution < 1.29 is 9.53 Å². The number of hydrogen-bond donors (Lipinski definition) is 2. The zero-order chi connectivity index (χ0) is 15.8. The average Bonchev–Trinajstić information content (AvgIpc) is 2.51. The highest BCUT2D eigenvalue weighted by atomic mass is 35.5. The number of anilines is 1. The molecule has 0 heterocycles. The Morgan fingerprint density at radius 2 is 1.91 bits per heavy atom. The summed E-state index contributed by atoms with van der Waals surface area (Å²) in [5, 5.41) is 5.98. The quantitative estimate of drug-likeness (QED) is 0.851. The maximum Gasteiger partial charge on any atom is 0.323 e. The van der Waals surface area contributed by atoms with E-state index in [1.807, 2.05) is 25.1 Å². The number of carbonyl (C=O) groups excluding carboxylic acids is 1. The highest BCUT2D eigenvalue weighted by Crippen LogP contribution is 2.16. The molecule has 0 fully saturated rings. The van der Waals surface area contributed by atoms with Gasteiger partial charge in [-0.25, -0.2) is 4.79 Å². The fourth-order valence-electron chi connectivity index (χ4n) is 1.79. The molecule has 0 saturated carbocycles. The summed E-state index contributed by atoms with van der Waals surface area (Å²) in [4.78, 5) is 11.8. The maximum absolute atomic E-state index is 11.8. The van der Waals surface area contributed by atoms with Gasteiger partial charge in [0.2, 0.25) is 0 Å². The van der Waals surface area contributed by atoms with Gasteiger partial charge in [0.1, 0.15) is 5.75 Å². The Kier molecular flexibility index (Phi) is 5.86. The lowest BCUT2D eigenvalue weighted by Gasteiger charge is -2.06. The number of amides is 2. The Hall–Kier alpha value is -2.46. The van der Waals surface area contributed by atoms with Crippen molar-refractivity contribution in [2.24, 2.45) is 0 Å². The molecule has 0 atom stereocenters. The molecule has 0 aliphatic heterocycles. The van der Waals surface area contributed by atoms with Crippen LogP contribution >= 0.6 is 11.6 Å². The molecule has 2 aromatic rings. The molecule has 0 bridgehead atoms. The van der Waals surface area contributed by atoms with Crippen LogP contribution in [0.2, 0.25) is 5.02 Å². The minimum absolute atomic E-state index is 0.326. The molecule has 0 aliphatic rings. The van der Waals surface area contributed by atoms with Gasteiger partial charge in [0, 0.05) is 16.9 Å². The summed E-state index contributed by atoms with van der Waals surface area (Å²) in [6, 6.07) is 14.2. The first-order chi connectivity index (χ1) is 10.7. The number of urea groups is 1. The Morgan fingerprint density at radius 1 is 1.18 bits per heavy atom. The molecule has 0 aromatic heterocycles. The van der Waals surface area contributed by atoms with Gasteiger partial charge in [-0.3, -0.25) is 0 Å². The van der Waals surface area contributed by atoms with Crippen LogP contribution in [0.4, 0.5) is 10.5 Å². The minimum Gasteiger partial charge on any atom is -0.494 e. The van der Waals surface area contributed by atoms with E-state index in [9.17, 15) is 4.79 Å². The summed E-state index contributed by atoms with van der Waals surface area (Å²) >= 11 is 6.02. The van der Waals surface area contributed by atoms with Crippen LogP contribution in [-0.2, 0) is 0 Å². The Labute approximate surface area is 134 Å². The van der Waals surface area contributed by atoms with Gasteiger partial charge in [0.05, 0.1) is 6.61 Å². The smallest absolute Gasteiger partial charge is 0.323 e. The number of nitrogens with one attached hydrogen (secondary N) is 2. The van der Waals surface area contributed by atoms with E-state index in [0.29, 0.717) is 17.3 Å². The van der Waals surface area contributed by atoms with Crippen LogP contribution in [0, 0.1) is 0 Å². The number of ether oxygens (including phenoxy) is 1. The predicted octanol–water partition coefficient (Wildman–Crippen LogP) is 4.53. The summed E-state index contributed by atoms with van der Waals surface area (Å²) in [7, 11) is 0. The van der Waals surface area contributed by atoms with Crippen molar-refractivity contribution in [3.8, 4) is 5.75 Å². The molecular weight excluding hydrogens is 300 g/mol. The Bertz CT molecular complexity index is 654. The molecule has 2 aromatic carbocycles. The second-order valence-electron chi connectivity index (χ2n) is 4.41. The number of benzene rings is 2. The van der Waals surface area contributed by atoms with Crippen LogP contribution in [0.3, 0.4) is 0 Å². The Morgan fingerprint density at radius 3 is 2.59 bits per heavy atom. The molecule has 4 nitrogen and oxygen atoms in total. The van der Waals surface area contributed by atoms with Crippen LogP contribution in [0.5, 0.6) is 5.75 Å². The van der Waals surface area contributed by atoms with E-state index in [2.05, 4.69) is 10.6 Å². The maximum atomic E-state index is 11.8. The molecular formula is C17H17ClN2O2. The zero-order valence-electron chi connectivity index (χ0n) is 12.2. The van der Waals surface area contributed by atoms with Gasteiger partial charge in [-0.1, -0.05) is 29.8 Å². The van der Waals surface area contributed by atoms with Crippen molar-refractivity contribution in [3.05, 3.63) is 65.3 Å². The van der Waals surface area contributed by atoms with Gasteiger partial charge in [0.25, 0.3) is 0 Å². The fraction of sp³-hybridized carbons (Fsp3) is 0.118. The molecule has 0 unspecified atom stereocenters. The van der Waals surface area contributed by atoms with E-state index in [1.165, 1.54) is 0 Å². The molecule has 0 radical (unpaired) electrons. The topological polar surface area (TPSA) is 50.4 Å². The van der Waals surface area contributed by atoms with Crippen LogP contribution in [0.15, 0.2) is 54.7 Å². The first-order valence-corrected chi connectivity index (χ1v) is 7.28. The van der Waals surface area contributed by atoms with Crippen molar-refractivity contribution in [1.29, 1.82) is 0 Å². The molecule has 22 heavy (non-hydrogen) atoms. The van der Waals surface area contributed by atoms with Crippen molar-refractivity contribution in [1.82, 2.24) is 5.32 Å². The summed E-state index contributed by atoms with van der Waals surface area (Å²) < 4.78 is 5.34.